The first-order valence-electron chi connectivity index (χ1n) is 2.49. The summed E-state index contributed by atoms with van der Waals surface area (Å²) in [6.45, 7) is 0. The number of nitrogens with zero attached hydrogens (tertiary/aromatic N) is 1. The van der Waals surface area contributed by atoms with E-state index in [0.29, 0.717) is 0 Å². The molecule has 2 rings (SSSR count). The summed E-state index contributed by atoms with van der Waals surface area (Å²) in [5.41, 5.74) is 4.37. The van der Waals surface area contributed by atoms with Gasteiger partial charge in [-0.2, -0.15) is 0 Å². The van der Waals surface area contributed by atoms with Gasteiger partial charge in [0.05, 0.1) is 11.6 Å². The second-order valence-corrected chi connectivity index (χ2v) is 2.56. The minimum Gasteiger partial charge on any atom is -0.305 e. The molecule has 0 bridgehead atoms. The van der Waals surface area contributed by atoms with Crippen LogP contribution in [0.1, 0.15) is 0 Å². The maximum Gasteiger partial charge on any atom is 0.0889 e. The lowest BCUT2D eigenvalue weighted by Crippen LogP contribution is -2.24. The maximum absolute atomic E-state index is 3.08. The minimum absolute atomic E-state index is 1.04. The van der Waals surface area contributed by atoms with Crippen molar-refractivity contribution >= 4 is 11.8 Å². The first kappa shape index (κ1) is 4.32. The van der Waals surface area contributed by atoms with E-state index in [-0.39, 0.29) is 0 Å². The number of nitrogens with one attached hydrogen (secondary N) is 1. The lowest BCUT2D eigenvalue weighted by molar-refractivity contribution is 0.376. The van der Waals surface area contributed by atoms with E-state index in [1.165, 1.54) is 5.70 Å². The molecule has 0 spiro atoms. The van der Waals surface area contributed by atoms with Crippen molar-refractivity contribution in [3.63, 3.8) is 0 Å². The molecule has 42 valence electrons. The molecule has 2 aliphatic rings. The van der Waals surface area contributed by atoms with Gasteiger partial charge in [-0.1, -0.05) is 0 Å². The molecular weight excluding hydrogens is 120 g/mol. The highest BCUT2D eigenvalue weighted by Gasteiger charge is 2.14. The second kappa shape index (κ2) is 1.45. The third-order valence-electron chi connectivity index (χ3n) is 1.20. The Morgan fingerprint density at radius 3 is 3.62 bits per heavy atom. The molecular formula is C5H6N2S. The van der Waals surface area contributed by atoms with Crippen LogP contribution in [0.3, 0.4) is 0 Å². The molecule has 2 nitrogen and oxygen atoms in total. The summed E-state index contributed by atoms with van der Waals surface area (Å²) >= 11 is 1.82. The largest absolute Gasteiger partial charge is 0.305 e. The summed E-state index contributed by atoms with van der Waals surface area (Å²) in [5, 5.41) is 4.25. The summed E-state index contributed by atoms with van der Waals surface area (Å²) in [6, 6.07) is 0. The van der Waals surface area contributed by atoms with E-state index in [4.69, 9.17) is 0 Å². The summed E-state index contributed by atoms with van der Waals surface area (Å²) < 4.78 is 0. The Hall–Kier alpha value is -0.570. The standard InChI is InChI=1S/C5H6N2S/c1-2-6-7-4-8-3-5(1)7/h1-3,6H,4H2. The van der Waals surface area contributed by atoms with Crippen LogP contribution in [0.25, 0.3) is 0 Å². The SMILES string of the molecule is C1=CC2=CSCN2N1. The summed E-state index contributed by atoms with van der Waals surface area (Å²) in [7, 11) is 0. The first-order chi connectivity index (χ1) is 3.97. The highest BCUT2D eigenvalue weighted by Crippen LogP contribution is 2.24. The number of thioether (sulfide) groups is 1. The summed E-state index contributed by atoms with van der Waals surface area (Å²) in [4.78, 5) is 0. The van der Waals surface area contributed by atoms with Crippen LogP contribution in [0.2, 0.25) is 0 Å². The molecule has 0 atom stereocenters. The van der Waals surface area contributed by atoms with Crippen LogP contribution in [0, 0.1) is 0 Å². The van der Waals surface area contributed by atoms with Crippen LogP contribution >= 0.6 is 11.8 Å². The van der Waals surface area contributed by atoms with E-state index in [9.17, 15) is 0 Å². The topological polar surface area (TPSA) is 15.3 Å². The lowest BCUT2D eigenvalue weighted by atomic mass is 10.5. The molecule has 0 unspecified atom stereocenters. The van der Waals surface area contributed by atoms with Crippen molar-refractivity contribution < 1.29 is 0 Å². The van der Waals surface area contributed by atoms with E-state index in [0.717, 1.165) is 5.88 Å². The monoisotopic (exact) mass is 126 g/mol. The predicted octanol–water partition coefficient (Wildman–Crippen LogP) is 0.866. The van der Waals surface area contributed by atoms with Crippen LogP contribution < -0.4 is 5.43 Å². The third kappa shape index (κ3) is 0.448. The van der Waals surface area contributed by atoms with Gasteiger partial charge in [-0.25, -0.2) is 0 Å². The van der Waals surface area contributed by atoms with E-state index in [2.05, 4.69) is 21.9 Å². The number of allylic oxidation sites excluding steroid dienone is 1. The maximum atomic E-state index is 3.08. The van der Waals surface area contributed by atoms with E-state index < -0.39 is 0 Å². The van der Waals surface area contributed by atoms with Gasteiger partial charge < -0.3 is 5.43 Å². The molecule has 3 heteroatoms. The Morgan fingerprint density at radius 1 is 1.75 bits per heavy atom. The molecule has 0 saturated heterocycles. The van der Waals surface area contributed by atoms with Crippen LogP contribution in [-0.4, -0.2) is 10.9 Å². The van der Waals surface area contributed by atoms with Crippen LogP contribution in [0.15, 0.2) is 23.4 Å². The molecule has 0 aromatic heterocycles. The zero-order chi connectivity index (χ0) is 5.40. The first-order valence-corrected chi connectivity index (χ1v) is 3.54. The van der Waals surface area contributed by atoms with Crippen molar-refractivity contribution in [2.75, 3.05) is 5.88 Å². The van der Waals surface area contributed by atoms with Crippen molar-refractivity contribution in [3.05, 3.63) is 23.4 Å². The minimum atomic E-state index is 1.04. The average molecular weight is 126 g/mol. The molecule has 0 amide bonds. The highest BCUT2D eigenvalue weighted by molar-refractivity contribution is 8.02. The van der Waals surface area contributed by atoms with Crippen molar-refractivity contribution in [1.29, 1.82) is 0 Å². The molecule has 0 fully saturated rings. The molecule has 2 aliphatic heterocycles. The molecule has 0 aliphatic carbocycles. The van der Waals surface area contributed by atoms with Crippen LogP contribution in [0.5, 0.6) is 0 Å². The van der Waals surface area contributed by atoms with Crippen molar-refractivity contribution in [1.82, 2.24) is 10.4 Å². The quantitative estimate of drug-likeness (QED) is 0.518. The Balaban J connectivity index is 2.31. The number of fused-ring (bicyclic) bond motifs is 1. The number of hydrazine groups is 1. The van der Waals surface area contributed by atoms with Crippen LogP contribution in [0.4, 0.5) is 0 Å². The smallest absolute Gasteiger partial charge is 0.0889 e. The number of hydrogen-bond acceptors (Lipinski definition) is 3. The van der Waals surface area contributed by atoms with Gasteiger partial charge in [0.15, 0.2) is 0 Å². The van der Waals surface area contributed by atoms with E-state index in [1.807, 2.05) is 18.0 Å². The Kier molecular flexibility index (Phi) is 0.784. The Morgan fingerprint density at radius 2 is 2.75 bits per heavy atom. The molecule has 0 saturated carbocycles. The van der Waals surface area contributed by atoms with E-state index >= 15 is 0 Å². The van der Waals surface area contributed by atoms with Crippen molar-refractivity contribution in [2.45, 2.75) is 0 Å². The lowest BCUT2D eigenvalue weighted by Gasteiger charge is -2.11. The molecule has 1 N–H and O–H groups in total. The fraction of sp³-hybridized carbons (Fsp3) is 0.200. The van der Waals surface area contributed by atoms with Crippen molar-refractivity contribution in [2.24, 2.45) is 0 Å². The molecule has 0 aromatic carbocycles. The zero-order valence-corrected chi connectivity index (χ0v) is 5.11. The number of rotatable bonds is 0. The van der Waals surface area contributed by atoms with Gasteiger partial charge in [0.25, 0.3) is 0 Å². The van der Waals surface area contributed by atoms with Gasteiger partial charge in [-0.3, -0.25) is 5.01 Å². The van der Waals surface area contributed by atoms with Gasteiger partial charge in [-0.15, -0.1) is 11.8 Å². The van der Waals surface area contributed by atoms with Crippen molar-refractivity contribution in [3.8, 4) is 0 Å². The molecule has 8 heavy (non-hydrogen) atoms. The normalized spacial score (nSPS) is 23.0. The van der Waals surface area contributed by atoms with Gasteiger partial charge >= 0.3 is 0 Å². The fourth-order valence-corrected chi connectivity index (χ4v) is 1.61. The Bertz CT molecular complexity index is 162. The number of hydrogen-bond donors (Lipinski definition) is 1. The van der Waals surface area contributed by atoms with Gasteiger partial charge in [-0.05, 0) is 11.5 Å². The third-order valence-corrected chi connectivity index (χ3v) is 2.02. The fourth-order valence-electron chi connectivity index (χ4n) is 0.789. The van der Waals surface area contributed by atoms with Gasteiger partial charge in [0.2, 0.25) is 0 Å². The van der Waals surface area contributed by atoms with Crippen LogP contribution in [-0.2, 0) is 0 Å². The zero-order valence-electron chi connectivity index (χ0n) is 4.29. The highest BCUT2D eigenvalue weighted by atomic mass is 32.2. The molecule has 2 heterocycles. The Labute approximate surface area is 52.2 Å². The summed E-state index contributed by atoms with van der Waals surface area (Å²) in [5.74, 6) is 1.04. The average Bonchev–Trinajstić information content (AvgIpc) is 2.15. The molecule has 0 aromatic rings. The van der Waals surface area contributed by atoms with E-state index in [1.54, 1.807) is 0 Å². The summed E-state index contributed by atoms with van der Waals surface area (Å²) in [6.07, 6.45) is 4.02. The van der Waals surface area contributed by atoms with Gasteiger partial charge in [0.1, 0.15) is 0 Å². The van der Waals surface area contributed by atoms with Gasteiger partial charge in [0, 0.05) is 6.20 Å². The second-order valence-electron chi connectivity index (χ2n) is 1.73. The molecule has 0 radical (unpaired) electrons. The predicted molar refractivity (Wildman–Crippen MR) is 34.7 cm³/mol.